The van der Waals surface area contributed by atoms with Crippen molar-refractivity contribution in [2.45, 2.75) is 32.6 Å². The molecule has 15 heavy (non-hydrogen) atoms. The van der Waals surface area contributed by atoms with E-state index in [-0.39, 0.29) is 0 Å². The largest absolute Gasteiger partial charge is 0.478 e. The number of ether oxygens (including phenoxy) is 1. The molecule has 1 N–H and O–H groups in total. The van der Waals surface area contributed by atoms with Gasteiger partial charge in [0.15, 0.2) is 0 Å². The minimum absolute atomic E-state index is 0.707. The molecule has 0 atom stereocenters. The maximum atomic E-state index is 5.54. The van der Waals surface area contributed by atoms with E-state index in [0.29, 0.717) is 5.88 Å². The molecule has 0 aromatic carbocycles. The van der Waals surface area contributed by atoms with Crippen molar-refractivity contribution in [1.82, 2.24) is 4.98 Å². The SMILES string of the molecule is CCCCCCOc1cccc(NC)n1. The topological polar surface area (TPSA) is 34.1 Å². The molecular formula is C12H20N2O. The molecule has 1 aromatic rings. The van der Waals surface area contributed by atoms with Gasteiger partial charge in [0.1, 0.15) is 5.82 Å². The van der Waals surface area contributed by atoms with Crippen LogP contribution in [-0.4, -0.2) is 18.6 Å². The van der Waals surface area contributed by atoms with Crippen LogP contribution in [0.5, 0.6) is 5.88 Å². The summed E-state index contributed by atoms with van der Waals surface area (Å²) in [5.41, 5.74) is 0. The van der Waals surface area contributed by atoms with Gasteiger partial charge in [-0.25, -0.2) is 0 Å². The van der Waals surface area contributed by atoms with Crippen molar-refractivity contribution < 1.29 is 4.74 Å². The summed E-state index contributed by atoms with van der Waals surface area (Å²) in [7, 11) is 1.85. The summed E-state index contributed by atoms with van der Waals surface area (Å²) in [5.74, 6) is 1.56. The van der Waals surface area contributed by atoms with Crippen molar-refractivity contribution in [3.8, 4) is 5.88 Å². The van der Waals surface area contributed by atoms with Crippen LogP contribution in [0, 0.1) is 0 Å². The van der Waals surface area contributed by atoms with E-state index in [9.17, 15) is 0 Å². The molecule has 0 spiro atoms. The molecule has 0 aliphatic carbocycles. The monoisotopic (exact) mass is 208 g/mol. The Balaban J connectivity index is 2.24. The van der Waals surface area contributed by atoms with Gasteiger partial charge in [-0.2, -0.15) is 4.98 Å². The highest BCUT2D eigenvalue weighted by Gasteiger charge is 1.96. The first-order valence-corrected chi connectivity index (χ1v) is 5.64. The van der Waals surface area contributed by atoms with E-state index >= 15 is 0 Å². The lowest BCUT2D eigenvalue weighted by Crippen LogP contribution is -2.00. The van der Waals surface area contributed by atoms with Gasteiger partial charge in [-0.05, 0) is 12.5 Å². The average molecular weight is 208 g/mol. The smallest absolute Gasteiger partial charge is 0.215 e. The Morgan fingerprint density at radius 1 is 1.27 bits per heavy atom. The summed E-state index contributed by atoms with van der Waals surface area (Å²) in [4.78, 5) is 4.28. The van der Waals surface area contributed by atoms with Gasteiger partial charge in [0.2, 0.25) is 5.88 Å². The van der Waals surface area contributed by atoms with E-state index in [2.05, 4.69) is 17.2 Å². The lowest BCUT2D eigenvalue weighted by atomic mass is 10.2. The van der Waals surface area contributed by atoms with Gasteiger partial charge in [0, 0.05) is 13.1 Å². The van der Waals surface area contributed by atoms with E-state index in [1.54, 1.807) is 0 Å². The standard InChI is InChI=1S/C12H20N2O/c1-3-4-5-6-10-15-12-9-7-8-11(13-2)14-12/h7-9H,3-6,10H2,1-2H3,(H,13,14). The first kappa shape index (κ1) is 11.8. The predicted octanol–water partition coefficient (Wildman–Crippen LogP) is 3.08. The number of anilines is 1. The third kappa shape index (κ3) is 4.68. The van der Waals surface area contributed by atoms with Gasteiger partial charge >= 0.3 is 0 Å². The van der Waals surface area contributed by atoms with Gasteiger partial charge in [-0.3, -0.25) is 0 Å². The molecule has 0 radical (unpaired) electrons. The van der Waals surface area contributed by atoms with E-state index in [4.69, 9.17) is 4.74 Å². The van der Waals surface area contributed by atoms with Crippen molar-refractivity contribution in [1.29, 1.82) is 0 Å². The molecule has 0 amide bonds. The molecule has 3 nitrogen and oxygen atoms in total. The van der Waals surface area contributed by atoms with Crippen molar-refractivity contribution in [3.05, 3.63) is 18.2 Å². The van der Waals surface area contributed by atoms with Gasteiger partial charge in [0.25, 0.3) is 0 Å². The summed E-state index contributed by atoms with van der Waals surface area (Å²) < 4.78 is 5.54. The number of nitrogens with zero attached hydrogens (tertiary/aromatic N) is 1. The summed E-state index contributed by atoms with van der Waals surface area (Å²) >= 11 is 0. The van der Waals surface area contributed by atoms with Crippen LogP contribution in [0.4, 0.5) is 5.82 Å². The fourth-order valence-corrected chi connectivity index (χ4v) is 1.34. The van der Waals surface area contributed by atoms with Crippen LogP contribution in [0.3, 0.4) is 0 Å². The van der Waals surface area contributed by atoms with Crippen LogP contribution in [0.25, 0.3) is 0 Å². The molecule has 1 heterocycles. The Kier molecular flexibility index (Phi) is 5.59. The number of unbranched alkanes of at least 4 members (excludes halogenated alkanes) is 3. The minimum Gasteiger partial charge on any atom is -0.478 e. The van der Waals surface area contributed by atoms with E-state index in [1.165, 1.54) is 19.3 Å². The quantitative estimate of drug-likeness (QED) is 0.699. The molecule has 84 valence electrons. The molecule has 0 saturated heterocycles. The van der Waals surface area contributed by atoms with E-state index < -0.39 is 0 Å². The Bertz CT molecular complexity index is 276. The highest BCUT2D eigenvalue weighted by Crippen LogP contribution is 2.11. The van der Waals surface area contributed by atoms with Crippen LogP contribution in [0.15, 0.2) is 18.2 Å². The zero-order valence-electron chi connectivity index (χ0n) is 9.62. The van der Waals surface area contributed by atoms with Gasteiger partial charge in [-0.15, -0.1) is 0 Å². The number of hydrogen-bond donors (Lipinski definition) is 1. The van der Waals surface area contributed by atoms with Crippen LogP contribution < -0.4 is 10.1 Å². The maximum Gasteiger partial charge on any atom is 0.215 e. The number of aromatic nitrogens is 1. The van der Waals surface area contributed by atoms with E-state index in [1.807, 2.05) is 25.2 Å². The second-order valence-electron chi connectivity index (χ2n) is 3.52. The Labute approximate surface area is 91.9 Å². The molecule has 3 heteroatoms. The lowest BCUT2D eigenvalue weighted by Gasteiger charge is -2.06. The molecule has 1 aromatic heterocycles. The molecule has 1 rings (SSSR count). The van der Waals surface area contributed by atoms with Crippen LogP contribution >= 0.6 is 0 Å². The maximum absolute atomic E-state index is 5.54. The van der Waals surface area contributed by atoms with E-state index in [0.717, 1.165) is 18.8 Å². The van der Waals surface area contributed by atoms with Crippen molar-refractivity contribution in [2.75, 3.05) is 19.0 Å². The molecule has 0 unspecified atom stereocenters. The number of rotatable bonds is 7. The number of hydrogen-bond acceptors (Lipinski definition) is 3. The molecular weight excluding hydrogens is 188 g/mol. The van der Waals surface area contributed by atoms with Gasteiger partial charge < -0.3 is 10.1 Å². The summed E-state index contributed by atoms with van der Waals surface area (Å²) in [6.07, 6.45) is 4.89. The lowest BCUT2D eigenvalue weighted by molar-refractivity contribution is 0.294. The third-order valence-corrected chi connectivity index (χ3v) is 2.23. The van der Waals surface area contributed by atoms with Crippen molar-refractivity contribution >= 4 is 5.82 Å². The third-order valence-electron chi connectivity index (χ3n) is 2.23. The molecule has 0 aliphatic heterocycles. The van der Waals surface area contributed by atoms with Crippen LogP contribution in [-0.2, 0) is 0 Å². The highest BCUT2D eigenvalue weighted by atomic mass is 16.5. The Hall–Kier alpha value is -1.25. The second kappa shape index (κ2) is 7.10. The van der Waals surface area contributed by atoms with Crippen molar-refractivity contribution in [3.63, 3.8) is 0 Å². The summed E-state index contributed by atoms with van der Waals surface area (Å²) in [6, 6.07) is 5.75. The number of nitrogens with one attached hydrogen (secondary N) is 1. The fourth-order valence-electron chi connectivity index (χ4n) is 1.34. The van der Waals surface area contributed by atoms with Crippen LogP contribution in [0.2, 0.25) is 0 Å². The number of pyridine rings is 1. The normalized spacial score (nSPS) is 10.0. The highest BCUT2D eigenvalue weighted by molar-refractivity contribution is 5.35. The zero-order valence-corrected chi connectivity index (χ0v) is 9.62. The Morgan fingerprint density at radius 3 is 2.87 bits per heavy atom. The Morgan fingerprint density at radius 2 is 2.13 bits per heavy atom. The van der Waals surface area contributed by atoms with Crippen molar-refractivity contribution in [2.24, 2.45) is 0 Å². The zero-order chi connectivity index (χ0) is 10.9. The van der Waals surface area contributed by atoms with Gasteiger partial charge in [0.05, 0.1) is 6.61 Å². The minimum atomic E-state index is 0.707. The predicted molar refractivity (Wildman–Crippen MR) is 63.4 cm³/mol. The fraction of sp³-hybridized carbons (Fsp3) is 0.583. The average Bonchev–Trinajstić information content (AvgIpc) is 2.29. The first-order chi connectivity index (χ1) is 7.36. The molecule has 0 bridgehead atoms. The second-order valence-corrected chi connectivity index (χ2v) is 3.52. The molecule has 0 fully saturated rings. The summed E-state index contributed by atoms with van der Waals surface area (Å²) in [6.45, 7) is 2.97. The van der Waals surface area contributed by atoms with Crippen LogP contribution in [0.1, 0.15) is 32.6 Å². The summed E-state index contributed by atoms with van der Waals surface area (Å²) in [5, 5.41) is 2.99. The molecule has 0 saturated carbocycles. The first-order valence-electron chi connectivity index (χ1n) is 5.64. The van der Waals surface area contributed by atoms with Gasteiger partial charge in [-0.1, -0.05) is 32.3 Å². The molecule has 0 aliphatic rings.